The van der Waals surface area contributed by atoms with E-state index in [2.05, 4.69) is 11.9 Å². The number of methoxy groups -OCH3 is 1. The van der Waals surface area contributed by atoms with Gasteiger partial charge in [-0.3, -0.25) is 4.98 Å². The van der Waals surface area contributed by atoms with Crippen LogP contribution >= 0.6 is 0 Å². The van der Waals surface area contributed by atoms with Crippen LogP contribution in [0.15, 0.2) is 18.2 Å². The number of nitrogens with zero attached hydrogens (tertiary/aromatic N) is 1. The number of pyridine rings is 1. The molecule has 1 aliphatic rings. The van der Waals surface area contributed by atoms with E-state index >= 15 is 0 Å². The molecule has 1 aromatic heterocycles. The van der Waals surface area contributed by atoms with Crippen LogP contribution in [0.25, 0.3) is 10.9 Å². The van der Waals surface area contributed by atoms with Gasteiger partial charge in [0.2, 0.25) is 0 Å². The Morgan fingerprint density at radius 3 is 2.95 bits per heavy atom. The number of ether oxygens (including phenoxy) is 1. The maximum atomic E-state index is 11.6. The van der Waals surface area contributed by atoms with E-state index in [4.69, 9.17) is 4.74 Å². The van der Waals surface area contributed by atoms with Gasteiger partial charge in [-0.2, -0.15) is 0 Å². The van der Waals surface area contributed by atoms with Crippen molar-refractivity contribution in [3.8, 4) is 5.75 Å². The molecule has 0 saturated carbocycles. The number of carboxylic acids is 1. The fraction of sp³-hybridized carbons (Fsp3) is 0.333. The highest BCUT2D eigenvalue weighted by atomic mass is 16.5. The maximum absolute atomic E-state index is 11.6. The molecule has 1 aromatic carbocycles. The van der Waals surface area contributed by atoms with E-state index in [1.54, 1.807) is 25.3 Å². The summed E-state index contributed by atoms with van der Waals surface area (Å²) >= 11 is 0. The molecule has 4 nitrogen and oxygen atoms in total. The first-order valence-electron chi connectivity index (χ1n) is 6.35. The van der Waals surface area contributed by atoms with Gasteiger partial charge in [0.25, 0.3) is 0 Å². The van der Waals surface area contributed by atoms with Crippen LogP contribution in [0.4, 0.5) is 0 Å². The van der Waals surface area contributed by atoms with Crippen LogP contribution in [-0.2, 0) is 6.42 Å². The number of hydrogen-bond acceptors (Lipinski definition) is 3. The van der Waals surface area contributed by atoms with Gasteiger partial charge in [-0.1, -0.05) is 6.92 Å². The minimum atomic E-state index is -0.872. The van der Waals surface area contributed by atoms with Crippen molar-refractivity contribution in [2.45, 2.75) is 25.7 Å². The van der Waals surface area contributed by atoms with Crippen molar-refractivity contribution in [1.29, 1.82) is 0 Å². The molecule has 98 valence electrons. The quantitative estimate of drug-likeness (QED) is 0.898. The second-order valence-corrected chi connectivity index (χ2v) is 4.98. The molecule has 1 heterocycles. The van der Waals surface area contributed by atoms with Crippen LogP contribution in [-0.4, -0.2) is 23.2 Å². The minimum absolute atomic E-state index is 0.323. The summed E-state index contributed by atoms with van der Waals surface area (Å²) in [6.07, 6.45) is 1.77. The van der Waals surface area contributed by atoms with Gasteiger partial charge in [-0.15, -0.1) is 0 Å². The third-order valence-corrected chi connectivity index (χ3v) is 3.83. The molecule has 4 heteroatoms. The van der Waals surface area contributed by atoms with Crippen LogP contribution < -0.4 is 4.74 Å². The highest BCUT2D eigenvalue weighted by molar-refractivity contribution is 6.04. The molecule has 1 N–H and O–H groups in total. The Morgan fingerprint density at radius 2 is 2.26 bits per heavy atom. The first kappa shape index (κ1) is 12.0. The molecule has 0 amide bonds. The molecule has 1 aliphatic carbocycles. The van der Waals surface area contributed by atoms with Crippen molar-refractivity contribution in [2.24, 2.45) is 0 Å². The number of carbonyl (C=O) groups is 1. The third kappa shape index (κ3) is 1.75. The number of fused-ring (bicyclic) bond motifs is 2. The number of aromatic nitrogens is 1. The molecule has 0 fully saturated rings. The van der Waals surface area contributed by atoms with E-state index in [0.717, 1.165) is 24.1 Å². The average molecular weight is 257 g/mol. The smallest absolute Gasteiger partial charge is 0.336 e. The Labute approximate surface area is 111 Å². The van der Waals surface area contributed by atoms with Crippen LogP contribution in [0.2, 0.25) is 0 Å². The van der Waals surface area contributed by atoms with Crippen molar-refractivity contribution in [2.75, 3.05) is 7.11 Å². The van der Waals surface area contributed by atoms with E-state index in [-0.39, 0.29) is 0 Å². The van der Waals surface area contributed by atoms with Gasteiger partial charge in [-0.05, 0) is 36.5 Å². The van der Waals surface area contributed by atoms with E-state index in [1.165, 1.54) is 0 Å². The Hall–Kier alpha value is -2.10. The molecule has 0 aliphatic heterocycles. The molecule has 0 saturated heterocycles. The first-order chi connectivity index (χ1) is 9.11. The summed E-state index contributed by atoms with van der Waals surface area (Å²) in [6.45, 7) is 2.09. The monoisotopic (exact) mass is 257 g/mol. The zero-order chi connectivity index (χ0) is 13.6. The Bertz CT molecular complexity index is 679. The summed E-state index contributed by atoms with van der Waals surface area (Å²) in [5.41, 5.74) is 2.94. The summed E-state index contributed by atoms with van der Waals surface area (Å²) in [7, 11) is 1.59. The van der Waals surface area contributed by atoms with Crippen LogP contribution in [0.1, 0.15) is 40.9 Å². The summed E-state index contributed by atoms with van der Waals surface area (Å²) in [5.74, 6) is 0.147. The highest BCUT2D eigenvalue weighted by Crippen LogP contribution is 2.37. The molecule has 19 heavy (non-hydrogen) atoms. The molecule has 0 bridgehead atoms. The number of carboxylic acid groups (broad SMARTS) is 1. The van der Waals surface area contributed by atoms with Crippen LogP contribution in [0.5, 0.6) is 5.75 Å². The van der Waals surface area contributed by atoms with E-state index < -0.39 is 5.97 Å². The topological polar surface area (TPSA) is 59.4 Å². The van der Waals surface area contributed by atoms with Gasteiger partial charge < -0.3 is 9.84 Å². The largest absolute Gasteiger partial charge is 0.497 e. The fourth-order valence-corrected chi connectivity index (χ4v) is 2.83. The minimum Gasteiger partial charge on any atom is -0.497 e. The number of benzene rings is 1. The van der Waals surface area contributed by atoms with E-state index in [1.807, 2.05) is 0 Å². The van der Waals surface area contributed by atoms with Crippen LogP contribution in [0.3, 0.4) is 0 Å². The lowest BCUT2D eigenvalue weighted by Gasteiger charge is -2.11. The van der Waals surface area contributed by atoms with Gasteiger partial charge in [0.05, 0.1) is 18.2 Å². The number of rotatable bonds is 2. The van der Waals surface area contributed by atoms with Crippen molar-refractivity contribution in [3.63, 3.8) is 0 Å². The molecular formula is C15H15NO3. The van der Waals surface area contributed by atoms with Crippen molar-refractivity contribution >= 4 is 16.9 Å². The molecule has 1 atom stereocenters. The molecule has 2 aromatic rings. The molecule has 0 radical (unpaired) electrons. The summed E-state index contributed by atoms with van der Waals surface area (Å²) < 4.78 is 5.18. The fourth-order valence-electron chi connectivity index (χ4n) is 2.83. The SMILES string of the molecule is COc1ccc2c(C(=O)O)c3c(nc2c1)C(C)CC3. The summed E-state index contributed by atoms with van der Waals surface area (Å²) in [4.78, 5) is 16.2. The van der Waals surface area contributed by atoms with Gasteiger partial charge >= 0.3 is 5.97 Å². The van der Waals surface area contributed by atoms with Crippen molar-refractivity contribution in [1.82, 2.24) is 4.98 Å². The third-order valence-electron chi connectivity index (χ3n) is 3.83. The van der Waals surface area contributed by atoms with E-state index in [9.17, 15) is 9.90 Å². The predicted octanol–water partition coefficient (Wildman–Crippen LogP) is 2.99. The van der Waals surface area contributed by atoms with Crippen LogP contribution in [0, 0.1) is 0 Å². The summed E-state index contributed by atoms with van der Waals surface area (Å²) in [5, 5.41) is 10.2. The first-order valence-corrected chi connectivity index (χ1v) is 6.35. The Kier molecular flexibility index (Phi) is 2.66. The Balaban J connectivity index is 2.38. The molecule has 0 spiro atoms. The zero-order valence-electron chi connectivity index (χ0n) is 10.9. The van der Waals surface area contributed by atoms with Gasteiger partial charge in [-0.25, -0.2) is 4.79 Å². The molecule has 1 unspecified atom stereocenters. The number of hydrogen-bond donors (Lipinski definition) is 1. The normalized spacial score (nSPS) is 17.5. The van der Waals surface area contributed by atoms with Crippen molar-refractivity contribution in [3.05, 3.63) is 35.0 Å². The predicted molar refractivity (Wildman–Crippen MR) is 72.0 cm³/mol. The second-order valence-electron chi connectivity index (χ2n) is 4.98. The van der Waals surface area contributed by atoms with Gasteiger partial charge in [0, 0.05) is 17.1 Å². The lowest BCUT2D eigenvalue weighted by atomic mass is 10.0. The average Bonchev–Trinajstić information content (AvgIpc) is 2.76. The lowest BCUT2D eigenvalue weighted by molar-refractivity contribution is 0.0698. The summed E-state index contributed by atoms with van der Waals surface area (Å²) in [6, 6.07) is 5.36. The molecule has 3 rings (SSSR count). The van der Waals surface area contributed by atoms with Gasteiger partial charge in [0.1, 0.15) is 5.75 Å². The second kappa shape index (κ2) is 4.23. The van der Waals surface area contributed by atoms with Gasteiger partial charge in [0.15, 0.2) is 0 Å². The number of aromatic carboxylic acids is 1. The van der Waals surface area contributed by atoms with Crippen molar-refractivity contribution < 1.29 is 14.6 Å². The zero-order valence-corrected chi connectivity index (χ0v) is 10.9. The highest BCUT2D eigenvalue weighted by Gasteiger charge is 2.27. The maximum Gasteiger partial charge on any atom is 0.336 e. The Morgan fingerprint density at radius 1 is 1.47 bits per heavy atom. The standard InChI is InChI=1S/C15H15NO3/c1-8-3-5-11-13(15(17)18)10-6-4-9(19-2)7-12(10)16-14(8)11/h4,6-8H,3,5H2,1-2H3,(H,17,18). The molecular weight excluding hydrogens is 242 g/mol. The van der Waals surface area contributed by atoms with E-state index in [0.29, 0.717) is 28.1 Å². The lowest BCUT2D eigenvalue weighted by Crippen LogP contribution is -2.06.